The molecule has 0 aromatic carbocycles. The van der Waals surface area contributed by atoms with Gasteiger partial charge in [0.1, 0.15) is 19.3 Å². The number of carbonyl (C=O) groups excluding carboxylic acids is 4. The summed E-state index contributed by atoms with van der Waals surface area (Å²) >= 11 is 0. The molecule has 103 heavy (non-hydrogen) atoms. The highest BCUT2D eigenvalue weighted by Gasteiger charge is 2.30. The Labute approximate surface area is 632 Å². The van der Waals surface area contributed by atoms with Crippen molar-refractivity contribution in [3.05, 3.63) is 0 Å². The Hall–Kier alpha value is -1.94. The van der Waals surface area contributed by atoms with Crippen LogP contribution in [0.5, 0.6) is 0 Å². The molecule has 19 heteroatoms. The summed E-state index contributed by atoms with van der Waals surface area (Å²) in [5, 5.41) is 10.7. The van der Waals surface area contributed by atoms with E-state index in [4.69, 9.17) is 37.0 Å². The van der Waals surface area contributed by atoms with Gasteiger partial charge in [-0.2, -0.15) is 0 Å². The molecule has 0 aromatic heterocycles. The van der Waals surface area contributed by atoms with Gasteiger partial charge >= 0.3 is 39.5 Å². The Morgan fingerprint density at radius 3 is 0.738 bits per heavy atom. The van der Waals surface area contributed by atoms with E-state index in [9.17, 15) is 43.2 Å². The molecule has 0 spiro atoms. The summed E-state index contributed by atoms with van der Waals surface area (Å²) in [7, 11) is -9.93. The zero-order valence-corrected chi connectivity index (χ0v) is 69.6. The van der Waals surface area contributed by atoms with Crippen LogP contribution < -0.4 is 0 Å². The molecular weight excluding hydrogens is 1340 g/mol. The van der Waals surface area contributed by atoms with E-state index in [-0.39, 0.29) is 25.7 Å². The summed E-state index contributed by atoms with van der Waals surface area (Å²) in [4.78, 5) is 73.1. The lowest BCUT2D eigenvalue weighted by Crippen LogP contribution is -2.30. The predicted octanol–water partition coefficient (Wildman–Crippen LogP) is 25.3. The third-order valence-electron chi connectivity index (χ3n) is 20.4. The molecule has 0 fully saturated rings. The number of aliphatic hydroxyl groups is 1. The fraction of sp³-hybridized carbons (Fsp3) is 0.952. The lowest BCUT2D eigenvalue weighted by atomic mass is 9.99. The smallest absolute Gasteiger partial charge is 0.462 e. The number of unbranched alkanes of at least 4 members (excludes halogenated alkanes) is 48. The maximum absolute atomic E-state index is 13.1. The van der Waals surface area contributed by atoms with Crippen LogP contribution in [0, 0.1) is 17.8 Å². The van der Waals surface area contributed by atoms with Crippen molar-refractivity contribution in [3.8, 4) is 0 Å². The van der Waals surface area contributed by atoms with Crippen LogP contribution in [-0.2, 0) is 65.4 Å². The van der Waals surface area contributed by atoms with E-state index < -0.39 is 97.5 Å². The molecule has 0 saturated heterocycles. The quantitative estimate of drug-likeness (QED) is 0.0222. The average Bonchev–Trinajstić information content (AvgIpc) is 0.913. The molecule has 0 radical (unpaired) electrons. The summed E-state index contributed by atoms with van der Waals surface area (Å²) in [6.07, 6.45) is 63.7. The highest BCUT2D eigenvalue weighted by Crippen LogP contribution is 2.45. The van der Waals surface area contributed by atoms with Gasteiger partial charge in [-0.15, -0.1) is 0 Å². The summed E-state index contributed by atoms with van der Waals surface area (Å²) < 4.78 is 68.8. The van der Waals surface area contributed by atoms with Gasteiger partial charge in [0.25, 0.3) is 0 Å². The number of phosphoric ester groups is 2. The van der Waals surface area contributed by atoms with Gasteiger partial charge < -0.3 is 33.8 Å². The van der Waals surface area contributed by atoms with Crippen molar-refractivity contribution in [1.82, 2.24) is 0 Å². The molecule has 0 amide bonds. The second-order valence-corrected chi connectivity index (χ2v) is 34.1. The van der Waals surface area contributed by atoms with Crippen molar-refractivity contribution >= 4 is 39.5 Å². The average molecular weight is 1510 g/mol. The Bertz CT molecular complexity index is 2000. The number of rotatable bonds is 82. The van der Waals surface area contributed by atoms with Gasteiger partial charge in [0.05, 0.1) is 26.4 Å². The zero-order valence-electron chi connectivity index (χ0n) is 67.8. The Morgan fingerprint density at radius 1 is 0.282 bits per heavy atom. The van der Waals surface area contributed by atoms with Crippen LogP contribution in [0.25, 0.3) is 0 Å². The summed E-state index contributed by atoms with van der Waals surface area (Å²) in [5.41, 5.74) is 0. The second-order valence-electron chi connectivity index (χ2n) is 31.2. The molecule has 0 aromatic rings. The molecular formula is C84H164O17P2. The largest absolute Gasteiger partial charge is 0.472 e. The van der Waals surface area contributed by atoms with E-state index in [0.717, 1.165) is 108 Å². The molecule has 7 atom stereocenters. The van der Waals surface area contributed by atoms with Crippen LogP contribution in [-0.4, -0.2) is 96.7 Å². The Morgan fingerprint density at radius 2 is 0.495 bits per heavy atom. The van der Waals surface area contributed by atoms with Crippen molar-refractivity contribution in [2.75, 3.05) is 39.6 Å². The highest BCUT2D eigenvalue weighted by atomic mass is 31.2. The van der Waals surface area contributed by atoms with Gasteiger partial charge in [0.15, 0.2) is 12.2 Å². The van der Waals surface area contributed by atoms with Crippen LogP contribution in [0.2, 0.25) is 0 Å². The SMILES string of the molecule is CCCCCCCCCCCCCCCC(=O)O[C@H](COC(=O)CCCCCCCCCCC(C)CC)COP(=O)(O)OC[C@H](O)COP(=O)(O)OC[C@@H](COC(=O)CCCCCCCCCCCCCCCC(C)C)OC(=O)CCCCCCCCCCCCCCCCCCCCC(C)CC. The molecule has 17 nitrogen and oxygen atoms in total. The third kappa shape index (κ3) is 75.3. The number of ether oxygens (including phenoxy) is 4. The van der Waals surface area contributed by atoms with Gasteiger partial charge in [-0.05, 0) is 43.4 Å². The van der Waals surface area contributed by atoms with Crippen LogP contribution in [0.4, 0.5) is 0 Å². The minimum Gasteiger partial charge on any atom is -0.462 e. The highest BCUT2D eigenvalue weighted by molar-refractivity contribution is 7.47. The lowest BCUT2D eigenvalue weighted by Gasteiger charge is -2.21. The standard InChI is InChI=1S/C84H164O17P2/c1-8-11-12-13-14-15-16-24-32-37-46-53-60-67-83(88)101-80(72-95-82(87)66-59-52-45-40-39-43-50-57-64-77(7)10-3)74-99-103(92,93)97-70-78(85)69-96-102(90,91)98-73-79(71-94-81(86)65-58-51-44-36-31-28-23-25-29-34-41-48-55-62-75(4)5)100-84(89)68-61-54-47-38-33-27-22-20-18-17-19-21-26-30-35-42-49-56-63-76(6)9-2/h75-80,85H,8-74H2,1-7H3,(H,90,91)(H,92,93)/t76?,77?,78-,79-,80-/m1/s1. The van der Waals surface area contributed by atoms with Gasteiger partial charge in [0, 0.05) is 25.7 Å². The first-order valence-electron chi connectivity index (χ1n) is 43.4. The van der Waals surface area contributed by atoms with E-state index in [1.165, 1.54) is 250 Å². The molecule has 3 N–H and O–H groups in total. The maximum atomic E-state index is 13.1. The lowest BCUT2D eigenvalue weighted by molar-refractivity contribution is -0.161. The number of hydrogen-bond acceptors (Lipinski definition) is 15. The normalized spacial score (nSPS) is 14.4. The first-order chi connectivity index (χ1) is 49.8. The summed E-state index contributed by atoms with van der Waals surface area (Å²) in [6.45, 7) is 12.1. The molecule has 0 heterocycles. The van der Waals surface area contributed by atoms with Crippen molar-refractivity contribution in [1.29, 1.82) is 0 Å². The maximum Gasteiger partial charge on any atom is 0.472 e. The second kappa shape index (κ2) is 74.2. The summed E-state index contributed by atoms with van der Waals surface area (Å²) in [5.74, 6) is 0.334. The number of carbonyl (C=O) groups is 4. The van der Waals surface area contributed by atoms with Crippen LogP contribution >= 0.6 is 15.6 Å². The molecule has 612 valence electrons. The van der Waals surface area contributed by atoms with Crippen LogP contribution in [0.15, 0.2) is 0 Å². The molecule has 0 bridgehead atoms. The van der Waals surface area contributed by atoms with Crippen LogP contribution in [0.1, 0.15) is 440 Å². The number of phosphoric acid groups is 2. The molecule has 0 aliphatic carbocycles. The topological polar surface area (TPSA) is 237 Å². The number of esters is 4. The fourth-order valence-corrected chi connectivity index (χ4v) is 14.5. The molecule has 0 rings (SSSR count). The number of aliphatic hydroxyl groups excluding tert-OH is 1. The minimum atomic E-state index is -4.96. The van der Waals surface area contributed by atoms with E-state index in [2.05, 4.69) is 48.5 Å². The van der Waals surface area contributed by atoms with Crippen molar-refractivity contribution in [2.45, 2.75) is 458 Å². The van der Waals surface area contributed by atoms with E-state index >= 15 is 0 Å². The van der Waals surface area contributed by atoms with Crippen molar-refractivity contribution < 1.29 is 80.2 Å². The van der Waals surface area contributed by atoms with E-state index in [1.54, 1.807) is 0 Å². The first kappa shape index (κ1) is 101. The van der Waals surface area contributed by atoms with Crippen molar-refractivity contribution in [3.63, 3.8) is 0 Å². The third-order valence-corrected chi connectivity index (χ3v) is 22.3. The summed E-state index contributed by atoms with van der Waals surface area (Å²) in [6, 6.07) is 0. The van der Waals surface area contributed by atoms with Gasteiger partial charge in [0.2, 0.25) is 0 Å². The zero-order chi connectivity index (χ0) is 75.8. The monoisotopic (exact) mass is 1510 g/mol. The molecule has 4 unspecified atom stereocenters. The first-order valence-corrected chi connectivity index (χ1v) is 46.4. The number of hydrogen-bond donors (Lipinski definition) is 3. The Balaban J connectivity index is 5.24. The van der Waals surface area contributed by atoms with E-state index in [1.807, 2.05) is 0 Å². The fourth-order valence-electron chi connectivity index (χ4n) is 13.0. The van der Waals surface area contributed by atoms with Gasteiger partial charge in [-0.25, -0.2) is 9.13 Å². The van der Waals surface area contributed by atoms with Crippen LogP contribution in [0.3, 0.4) is 0 Å². The predicted molar refractivity (Wildman–Crippen MR) is 423 cm³/mol. The van der Waals surface area contributed by atoms with Gasteiger partial charge in [-0.3, -0.25) is 37.3 Å². The minimum absolute atomic E-state index is 0.107. The Kier molecular flexibility index (Phi) is 72.8. The molecule has 0 aliphatic rings. The van der Waals surface area contributed by atoms with Crippen molar-refractivity contribution in [2.24, 2.45) is 17.8 Å². The van der Waals surface area contributed by atoms with Gasteiger partial charge in [-0.1, -0.05) is 389 Å². The van der Waals surface area contributed by atoms with E-state index in [0.29, 0.717) is 25.7 Å². The molecule has 0 saturated carbocycles. The molecule has 0 aliphatic heterocycles.